The fourth-order valence-electron chi connectivity index (χ4n) is 4.17. The molecule has 0 saturated carbocycles. The Morgan fingerprint density at radius 2 is 2.06 bits per heavy atom. The van der Waals surface area contributed by atoms with Crippen LogP contribution in [0.25, 0.3) is 5.76 Å². The van der Waals surface area contributed by atoms with Crippen LogP contribution < -0.4 is 14.7 Å². The molecule has 164 valence electrons. The summed E-state index contributed by atoms with van der Waals surface area (Å²) in [6.07, 6.45) is 0.761. The SMILES string of the molecule is COc1cccc(C([O-])=C2C(=O)C(=O)N(CCC[NH+]3CCOCC3)C2c2cccs2)c1. The Kier molecular flexibility index (Phi) is 6.70. The van der Waals surface area contributed by atoms with E-state index in [-0.39, 0.29) is 5.57 Å². The van der Waals surface area contributed by atoms with Gasteiger partial charge in [-0.2, -0.15) is 0 Å². The Labute approximate surface area is 185 Å². The Balaban J connectivity index is 1.63. The van der Waals surface area contributed by atoms with Gasteiger partial charge in [-0.3, -0.25) is 9.59 Å². The molecule has 0 radical (unpaired) electrons. The summed E-state index contributed by atoms with van der Waals surface area (Å²) in [4.78, 5) is 29.7. The number of ether oxygens (including phenoxy) is 2. The number of carbonyl (C=O) groups is 2. The molecule has 1 amide bonds. The van der Waals surface area contributed by atoms with Crippen LogP contribution in [-0.2, 0) is 14.3 Å². The van der Waals surface area contributed by atoms with Crippen molar-refractivity contribution in [3.05, 3.63) is 57.8 Å². The third-order valence-electron chi connectivity index (χ3n) is 5.80. The van der Waals surface area contributed by atoms with Crippen LogP contribution >= 0.6 is 11.3 Å². The molecular weight excluding hydrogens is 416 g/mol. The van der Waals surface area contributed by atoms with Gasteiger partial charge in [-0.1, -0.05) is 24.0 Å². The van der Waals surface area contributed by atoms with Gasteiger partial charge in [-0.25, -0.2) is 0 Å². The third-order valence-corrected chi connectivity index (χ3v) is 6.73. The Bertz CT molecular complexity index is 966. The summed E-state index contributed by atoms with van der Waals surface area (Å²) < 4.78 is 10.6. The zero-order valence-electron chi connectivity index (χ0n) is 17.5. The minimum atomic E-state index is -0.704. The van der Waals surface area contributed by atoms with Crippen LogP contribution in [0.2, 0.25) is 0 Å². The number of hydrogen-bond acceptors (Lipinski definition) is 6. The number of hydrogen-bond donors (Lipinski definition) is 1. The number of nitrogens with one attached hydrogen (secondary N) is 1. The topological polar surface area (TPSA) is 83.3 Å². The maximum absolute atomic E-state index is 13.3. The molecule has 8 heteroatoms. The second kappa shape index (κ2) is 9.64. The van der Waals surface area contributed by atoms with Crippen molar-refractivity contribution in [3.8, 4) is 5.75 Å². The molecule has 1 unspecified atom stereocenters. The maximum Gasteiger partial charge on any atom is 0.295 e. The number of morpholine rings is 1. The van der Waals surface area contributed by atoms with E-state index < -0.39 is 23.5 Å². The summed E-state index contributed by atoms with van der Waals surface area (Å²) in [6.45, 7) is 4.74. The van der Waals surface area contributed by atoms with Gasteiger partial charge >= 0.3 is 0 Å². The minimum absolute atomic E-state index is 0.0272. The Morgan fingerprint density at radius 1 is 1.26 bits per heavy atom. The highest BCUT2D eigenvalue weighted by atomic mass is 32.1. The van der Waals surface area contributed by atoms with Crippen LogP contribution in [0.1, 0.15) is 22.9 Å². The zero-order valence-corrected chi connectivity index (χ0v) is 18.3. The van der Waals surface area contributed by atoms with E-state index in [1.807, 2.05) is 17.5 Å². The largest absolute Gasteiger partial charge is 0.872 e. The molecule has 2 fully saturated rings. The van der Waals surface area contributed by atoms with Crippen molar-refractivity contribution in [2.75, 3.05) is 46.5 Å². The van der Waals surface area contributed by atoms with E-state index in [4.69, 9.17) is 9.47 Å². The number of nitrogens with zero attached hydrogens (tertiary/aromatic N) is 1. The quantitative estimate of drug-likeness (QED) is 0.379. The molecule has 2 aliphatic heterocycles. The predicted molar refractivity (Wildman–Crippen MR) is 115 cm³/mol. The van der Waals surface area contributed by atoms with Crippen LogP contribution in [0.5, 0.6) is 5.75 Å². The van der Waals surface area contributed by atoms with Crippen LogP contribution in [0.4, 0.5) is 0 Å². The molecule has 2 aliphatic rings. The summed E-state index contributed by atoms with van der Waals surface area (Å²) >= 11 is 1.45. The van der Waals surface area contributed by atoms with Crippen LogP contribution in [0.15, 0.2) is 47.4 Å². The van der Waals surface area contributed by atoms with Gasteiger partial charge in [-0.15, -0.1) is 11.3 Å². The fourth-order valence-corrected chi connectivity index (χ4v) is 5.02. The summed E-state index contributed by atoms with van der Waals surface area (Å²) in [7, 11) is 1.52. The van der Waals surface area contributed by atoms with Gasteiger partial charge in [0, 0.05) is 23.4 Å². The van der Waals surface area contributed by atoms with Crippen LogP contribution in [0, 0.1) is 0 Å². The Morgan fingerprint density at radius 3 is 2.77 bits per heavy atom. The van der Waals surface area contributed by atoms with Crippen LogP contribution in [0.3, 0.4) is 0 Å². The smallest absolute Gasteiger partial charge is 0.295 e. The summed E-state index contributed by atoms with van der Waals surface area (Å²) in [6, 6.07) is 9.79. The van der Waals surface area contributed by atoms with E-state index in [1.165, 1.54) is 23.3 Å². The predicted octanol–water partition coefficient (Wildman–Crippen LogP) is 0.286. The molecule has 2 aromatic rings. The van der Waals surface area contributed by atoms with Crippen molar-refractivity contribution >= 4 is 28.8 Å². The van der Waals surface area contributed by atoms with Gasteiger partial charge < -0.3 is 24.4 Å². The lowest BCUT2D eigenvalue weighted by molar-refractivity contribution is -0.908. The molecule has 2 saturated heterocycles. The van der Waals surface area contributed by atoms with Crippen molar-refractivity contribution in [1.29, 1.82) is 0 Å². The lowest BCUT2D eigenvalue weighted by Gasteiger charge is -2.28. The molecule has 1 atom stereocenters. The Hall–Kier alpha value is -2.68. The molecule has 1 N–H and O–H groups in total. The fraction of sp³-hybridized carbons (Fsp3) is 0.391. The molecule has 0 aliphatic carbocycles. The van der Waals surface area contributed by atoms with E-state index in [1.54, 1.807) is 29.2 Å². The first kappa shape index (κ1) is 21.5. The van der Waals surface area contributed by atoms with Crippen molar-refractivity contribution < 1.29 is 29.1 Å². The number of thiophene rings is 1. The van der Waals surface area contributed by atoms with E-state index in [2.05, 4.69) is 0 Å². The first-order valence-corrected chi connectivity index (χ1v) is 11.3. The number of benzene rings is 1. The van der Waals surface area contributed by atoms with Crippen molar-refractivity contribution in [2.24, 2.45) is 0 Å². The summed E-state index contributed by atoms with van der Waals surface area (Å²) in [5.41, 5.74) is 0.371. The minimum Gasteiger partial charge on any atom is -0.872 e. The lowest BCUT2D eigenvalue weighted by atomic mass is 9.99. The number of carbonyl (C=O) groups excluding carboxylic acids is 2. The summed E-state index contributed by atoms with van der Waals surface area (Å²) in [5, 5.41) is 15.2. The molecule has 0 bridgehead atoms. The highest BCUT2D eigenvalue weighted by molar-refractivity contribution is 7.10. The van der Waals surface area contributed by atoms with E-state index >= 15 is 0 Å². The number of ketones is 1. The average molecular weight is 443 g/mol. The van der Waals surface area contributed by atoms with Crippen LogP contribution in [-0.4, -0.2) is 63.1 Å². The first-order valence-electron chi connectivity index (χ1n) is 10.5. The van der Waals surface area contributed by atoms with Gasteiger partial charge in [0.1, 0.15) is 18.8 Å². The van der Waals surface area contributed by atoms with Crippen molar-refractivity contribution in [3.63, 3.8) is 0 Å². The first-order chi connectivity index (χ1) is 15.1. The van der Waals surface area contributed by atoms with E-state index in [9.17, 15) is 14.7 Å². The molecular formula is C23H26N2O5S. The van der Waals surface area contributed by atoms with E-state index in [0.717, 1.165) is 44.1 Å². The molecule has 7 nitrogen and oxygen atoms in total. The third kappa shape index (κ3) is 4.51. The highest BCUT2D eigenvalue weighted by Gasteiger charge is 2.44. The van der Waals surface area contributed by atoms with Gasteiger partial charge in [-0.05, 0) is 29.1 Å². The second-order valence-corrected chi connectivity index (χ2v) is 8.67. The molecule has 0 spiro atoms. The highest BCUT2D eigenvalue weighted by Crippen LogP contribution is 2.40. The normalized spacial score (nSPS) is 21.6. The number of likely N-dealkylation sites (tertiary alicyclic amines) is 1. The molecule has 3 heterocycles. The van der Waals surface area contributed by atoms with Crippen molar-refractivity contribution in [2.45, 2.75) is 12.5 Å². The molecule has 1 aromatic carbocycles. The van der Waals surface area contributed by atoms with Gasteiger partial charge in [0.05, 0.1) is 32.9 Å². The average Bonchev–Trinajstić information content (AvgIpc) is 3.42. The van der Waals surface area contributed by atoms with Gasteiger partial charge in [0.2, 0.25) is 5.78 Å². The molecule has 1 aromatic heterocycles. The molecule has 4 rings (SSSR count). The molecule has 31 heavy (non-hydrogen) atoms. The zero-order chi connectivity index (χ0) is 21.8. The monoisotopic (exact) mass is 442 g/mol. The standard InChI is InChI=1S/C23H26N2O5S/c1-29-17-6-2-5-16(15-17)21(26)19-20(18-7-3-14-31-18)25(23(28)22(19)27)9-4-8-24-10-12-30-13-11-24/h2-3,5-7,14-15,20,26H,4,8-13H2,1H3. The number of rotatable bonds is 7. The number of quaternary nitrogens is 1. The summed E-state index contributed by atoms with van der Waals surface area (Å²) in [5.74, 6) is -1.19. The van der Waals surface area contributed by atoms with Gasteiger partial charge in [0.25, 0.3) is 5.91 Å². The second-order valence-electron chi connectivity index (χ2n) is 7.69. The number of methoxy groups -OCH3 is 1. The lowest BCUT2D eigenvalue weighted by Crippen LogP contribution is -3.14. The van der Waals surface area contributed by atoms with Gasteiger partial charge in [0.15, 0.2) is 0 Å². The maximum atomic E-state index is 13.3. The van der Waals surface area contributed by atoms with E-state index in [0.29, 0.717) is 17.9 Å². The number of amides is 1. The number of Topliss-reactive ketones (excluding diaryl/α,β-unsaturated/α-hetero) is 1. The van der Waals surface area contributed by atoms with Crippen molar-refractivity contribution in [1.82, 2.24) is 4.90 Å².